The first-order chi connectivity index (χ1) is 9.38. The van der Waals surface area contributed by atoms with Gasteiger partial charge in [0.2, 0.25) is 0 Å². The standard InChI is InChI=1S/C13H13F3IN3/c1-8-4-2-3-5-9(8)6-18-11-10(13(14,15)16)7-19-12(17)20-11/h3,5,7H,2,4,6H2,1H3,(H,18,19,20). The van der Waals surface area contributed by atoms with Crippen molar-refractivity contribution in [3.63, 3.8) is 0 Å². The Balaban J connectivity index is 2.21. The summed E-state index contributed by atoms with van der Waals surface area (Å²) in [5.41, 5.74) is 1.37. The molecule has 1 aromatic heterocycles. The maximum absolute atomic E-state index is 12.9. The Kier molecular flexibility index (Phi) is 4.66. The number of hydrogen-bond donors (Lipinski definition) is 1. The number of anilines is 1. The van der Waals surface area contributed by atoms with E-state index in [1.54, 1.807) is 22.6 Å². The fourth-order valence-corrected chi connectivity index (χ4v) is 2.30. The third kappa shape index (κ3) is 3.71. The molecule has 0 amide bonds. The number of allylic oxidation sites excluding steroid dienone is 2. The first-order valence-corrected chi connectivity index (χ1v) is 7.14. The molecule has 0 aliphatic heterocycles. The fourth-order valence-electron chi connectivity index (χ4n) is 1.92. The molecule has 0 aromatic carbocycles. The quantitative estimate of drug-likeness (QED) is 0.617. The van der Waals surface area contributed by atoms with Crippen molar-refractivity contribution in [1.29, 1.82) is 0 Å². The summed E-state index contributed by atoms with van der Waals surface area (Å²) in [6, 6.07) is 0. The molecule has 0 spiro atoms. The van der Waals surface area contributed by atoms with E-state index in [2.05, 4.69) is 15.3 Å². The van der Waals surface area contributed by atoms with Gasteiger partial charge in [0, 0.05) is 35.3 Å². The van der Waals surface area contributed by atoms with Crippen molar-refractivity contribution < 1.29 is 13.2 Å². The van der Waals surface area contributed by atoms with Crippen LogP contribution in [0.4, 0.5) is 19.0 Å². The van der Waals surface area contributed by atoms with Crippen molar-refractivity contribution in [2.24, 2.45) is 0 Å². The first-order valence-electron chi connectivity index (χ1n) is 6.06. The molecule has 20 heavy (non-hydrogen) atoms. The van der Waals surface area contributed by atoms with Crippen molar-refractivity contribution in [3.8, 4) is 0 Å². The average Bonchev–Trinajstić information content (AvgIpc) is 2.36. The summed E-state index contributed by atoms with van der Waals surface area (Å²) in [6.45, 7) is 2.33. The van der Waals surface area contributed by atoms with Gasteiger partial charge >= 0.3 is 6.18 Å². The highest BCUT2D eigenvalue weighted by Gasteiger charge is 2.35. The molecule has 1 aromatic rings. The number of halogens is 4. The number of aromatic nitrogens is 2. The van der Waals surface area contributed by atoms with Crippen molar-refractivity contribution in [3.05, 3.63) is 38.9 Å². The van der Waals surface area contributed by atoms with Crippen LogP contribution in [0.25, 0.3) is 0 Å². The van der Waals surface area contributed by atoms with Crippen molar-refractivity contribution >= 4 is 28.4 Å². The number of hydrogen-bond acceptors (Lipinski definition) is 3. The minimum atomic E-state index is -4.46. The molecule has 0 saturated heterocycles. The lowest BCUT2D eigenvalue weighted by atomic mass is 9.99. The zero-order valence-corrected chi connectivity index (χ0v) is 12.9. The molecule has 0 unspecified atom stereocenters. The minimum absolute atomic E-state index is 0.170. The average molecular weight is 395 g/mol. The normalized spacial score (nSPS) is 15.7. The van der Waals surface area contributed by atoms with Crippen LogP contribution in [-0.4, -0.2) is 16.5 Å². The van der Waals surface area contributed by atoms with Gasteiger partial charge in [-0.25, -0.2) is 9.97 Å². The highest BCUT2D eigenvalue weighted by molar-refractivity contribution is 14.1. The smallest absolute Gasteiger partial charge is 0.365 e. The van der Waals surface area contributed by atoms with Gasteiger partial charge in [-0.1, -0.05) is 17.7 Å². The molecular formula is C13H13F3IN3. The third-order valence-electron chi connectivity index (χ3n) is 3.06. The maximum Gasteiger partial charge on any atom is 0.421 e. The van der Waals surface area contributed by atoms with Crippen LogP contribution in [0.5, 0.6) is 0 Å². The lowest BCUT2D eigenvalue weighted by Gasteiger charge is -2.16. The summed E-state index contributed by atoms with van der Waals surface area (Å²) in [6.07, 6.45) is 2.26. The van der Waals surface area contributed by atoms with Gasteiger partial charge in [0.1, 0.15) is 11.4 Å². The number of nitrogens with zero attached hydrogens (tertiary/aromatic N) is 2. The molecule has 7 heteroatoms. The van der Waals surface area contributed by atoms with E-state index in [1.165, 1.54) is 5.57 Å². The Bertz CT molecular complexity index is 564. The van der Waals surface area contributed by atoms with Gasteiger partial charge in [0.25, 0.3) is 0 Å². The Hall–Kier alpha value is -1.12. The second-order valence-electron chi connectivity index (χ2n) is 4.50. The van der Waals surface area contributed by atoms with Gasteiger partial charge in [0.05, 0.1) is 0 Å². The predicted molar refractivity (Wildman–Crippen MR) is 79.3 cm³/mol. The van der Waals surface area contributed by atoms with Crippen LogP contribution in [0.1, 0.15) is 25.3 Å². The Morgan fingerprint density at radius 1 is 1.40 bits per heavy atom. The number of nitrogens with one attached hydrogen (secondary N) is 1. The van der Waals surface area contributed by atoms with E-state index in [4.69, 9.17) is 0 Å². The van der Waals surface area contributed by atoms with Gasteiger partial charge in [-0.15, -0.1) is 0 Å². The van der Waals surface area contributed by atoms with E-state index >= 15 is 0 Å². The second kappa shape index (κ2) is 6.11. The maximum atomic E-state index is 12.9. The molecule has 2 rings (SSSR count). The molecule has 1 N–H and O–H groups in total. The van der Waals surface area contributed by atoms with Crippen LogP contribution >= 0.6 is 22.6 Å². The van der Waals surface area contributed by atoms with Crippen LogP contribution in [0.3, 0.4) is 0 Å². The molecular weight excluding hydrogens is 382 g/mol. The van der Waals surface area contributed by atoms with E-state index in [1.807, 2.05) is 19.1 Å². The van der Waals surface area contributed by atoms with Crippen LogP contribution in [0.2, 0.25) is 0 Å². The Morgan fingerprint density at radius 3 is 2.80 bits per heavy atom. The molecule has 108 valence electrons. The molecule has 0 fully saturated rings. The largest absolute Gasteiger partial charge is 0.421 e. The van der Waals surface area contributed by atoms with E-state index in [9.17, 15) is 13.2 Å². The van der Waals surface area contributed by atoms with Crippen LogP contribution < -0.4 is 5.32 Å². The van der Waals surface area contributed by atoms with Gasteiger partial charge < -0.3 is 5.32 Å². The predicted octanol–water partition coefficient (Wildman–Crippen LogP) is 4.18. The monoisotopic (exact) mass is 395 g/mol. The highest BCUT2D eigenvalue weighted by Crippen LogP contribution is 2.33. The minimum Gasteiger partial charge on any atom is -0.365 e. The SMILES string of the molecule is CC1=C(CNc2nc(I)ncc2C(F)(F)F)C=CCC1. The molecule has 0 atom stereocenters. The van der Waals surface area contributed by atoms with Crippen LogP contribution in [-0.2, 0) is 6.18 Å². The zero-order valence-electron chi connectivity index (χ0n) is 10.8. The molecule has 3 nitrogen and oxygen atoms in total. The zero-order chi connectivity index (χ0) is 14.8. The highest BCUT2D eigenvalue weighted by atomic mass is 127. The van der Waals surface area contributed by atoms with E-state index in [-0.39, 0.29) is 9.65 Å². The van der Waals surface area contributed by atoms with Crippen LogP contribution in [0, 0.1) is 3.83 Å². The lowest BCUT2D eigenvalue weighted by molar-refractivity contribution is -0.137. The van der Waals surface area contributed by atoms with Gasteiger partial charge in [-0.3, -0.25) is 0 Å². The molecule has 0 bridgehead atoms. The topological polar surface area (TPSA) is 37.8 Å². The van der Waals surface area contributed by atoms with Crippen molar-refractivity contribution in [2.75, 3.05) is 11.9 Å². The Morgan fingerprint density at radius 2 is 2.15 bits per heavy atom. The van der Waals surface area contributed by atoms with E-state index < -0.39 is 11.7 Å². The molecule has 0 radical (unpaired) electrons. The molecule has 0 saturated carbocycles. The summed E-state index contributed by atoms with van der Waals surface area (Å²) in [5, 5.41) is 2.78. The first kappa shape index (κ1) is 15.3. The summed E-state index contributed by atoms with van der Waals surface area (Å²) in [4.78, 5) is 7.45. The molecule has 1 aliphatic rings. The van der Waals surface area contributed by atoms with E-state index in [0.29, 0.717) is 6.54 Å². The molecule has 1 heterocycles. The number of alkyl halides is 3. The third-order valence-corrected chi connectivity index (χ3v) is 3.58. The lowest BCUT2D eigenvalue weighted by Crippen LogP contribution is -2.16. The number of rotatable bonds is 3. The van der Waals surface area contributed by atoms with E-state index in [0.717, 1.165) is 24.6 Å². The van der Waals surface area contributed by atoms with Crippen LogP contribution in [0.15, 0.2) is 29.5 Å². The summed E-state index contributed by atoms with van der Waals surface area (Å²) < 4.78 is 38.9. The molecule has 1 aliphatic carbocycles. The second-order valence-corrected chi connectivity index (χ2v) is 5.46. The van der Waals surface area contributed by atoms with Crippen molar-refractivity contribution in [1.82, 2.24) is 9.97 Å². The summed E-state index contributed by atoms with van der Waals surface area (Å²) in [7, 11) is 0. The summed E-state index contributed by atoms with van der Waals surface area (Å²) >= 11 is 1.79. The Labute approximate surface area is 128 Å². The summed E-state index contributed by atoms with van der Waals surface area (Å²) in [5.74, 6) is -0.170. The van der Waals surface area contributed by atoms with Gasteiger partial charge in [-0.05, 0) is 25.3 Å². The van der Waals surface area contributed by atoms with Crippen molar-refractivity contribution in [2.45, 2.75) is 25.9 Å². The van der Waals surface area contributed by atoms with Gasteiger partial charge in [-0.2, -0.15) is 13.2 Å². The fraction of sp³-hybridized carbons (Fsp3) is 0.385. The van der Waals surface area contributed by atoms with Gasteiger partial charge in [0.15, 0.2) is 3.83 Å².